The Bertz CT molecular complexity index is 524. The zero-order chi connectivity index (χ0) is 15.8. The van der Waals surface area contributed by atoms with Gasteiger partial charge in [-0.15, -0.1) is 0 Å². The first kappa shape index (κ1) is 18.3. The molecule has 22 heavy (non-hydrogen) atoms. The first-order chi connectivity index (χ1) is 10.7. The molecule has 2 aromatic heterocycles. The molecule has 0 aliphatic rings. The van der Waals surface area contributed by atoms with E-state index in [4.69, 9.17) is 0 Å². The summed E-state index contributed by atoms with van der Waals surface area (Å²) in [5, 5.41) is 2.43. The fourth-order valence-electron chi connectivity index (χ4n) is 3.19. The van der Waals surface area contributed by atoms with Crippen LogP contribution in [0.2, 0.25) is 3.43 Å². The van der Waals surface area contributed by atoms with Gasteiger partial charge in [0.05, 0.1) is 0 Å². The Kier molecular flexibility index (Phi) is 7.75. The first-order valence-corrected chi connectivity index (χ1v) is 12.7. The summed E-state index contributed by atoms with van der Waals surface area (Å²) in [4.78, 5) is 5.66. The van der Waals surface area contributed by atoms with Crippen LogP contribution in [0.15, 0.2) is 17.9 Å². The summed E-state index contributed by atoms with van der Waals surface area (Å²) in [6.45, 7) is 7.02. The quantitative estimate of drug-likeness (QED) is 0.438. The normalized spacial score (nSPS) is 12.3. The van der Waals surface area contributed by atoms with Gasteiger partial charge < -0.3 is 0 Å². The van der Waals surface area contributed by atoms with Gasteiger partial charge in [-0.25, -0.2) is 0 Å². The van der Waals surface area contributed by atoms with E-state index in [1.165, 1.54) is 62.6 Å². The second kappa shape index (κ2) is 9.31. The molecule has 0 unspecified atom stereocenters. The molecule has 2 aromatic rings. The summed E-state index contributed by atoms with van der Waals surface area (Å²) < 4.78 is 4.70. The Labute approximate surface area is 149 Å². The molecule has 0 atom stereocenters. The van der Waals surface area contributed by atoms with Crippen LogP contribution in [0, 0.1) is 0 Å². The number of nitrogens with zero attached hydrogens (tertiary/aromatic N) is 2. The Morgan fingerprint density at radius 1 is 1.05 bits per heavy atom. The first-order valence-electron chi connectivity index (χ1n) is 8.92. The molecule has 0 fully saturated rings. The van der Waals surface area contributed by atoms with Crippen molar-refractivity contribution >= 4 is 41.0 Å². The summed E-state index contributed by atoms with van der Waals surface area (Å²) in [6.07, 6.45) is 16.7. The third-order valence-corrected chi connectivity index (χ3v) is 11.5. The Balaban J connectivity index is 2.21. The van der Waals surface area contributed by atoms with Crippen LogP contribution in [0.4, 0.5) is 0 Å². The summed E-state index contributed by atoms with van der Waals surface area (Å²) >= 11 is 1.26. The molecule has 0 bridgehead atoms. The van der Waals surface area contributed by atoms with Gasteiger partial charge in [-0.2, -0.15) is 0 Å². The predicted molar refractivity (Wildman–Crippen MR) is 99.7 cm³/mol. The number of thiazole rings is 1. The van der Waals surface area contributed by atoms with E-state index in [-0.39, 0.29) is 0 Å². The summed E-state index contributed by atoms with van der Waals surface area (Å²) in [7, 11) is 0. The van der Waals surface area contributed by atoms with Crippen LogP contribution >= 0.6 is 11.3 Å². The number of imidazole rings is 1. The van der Waals surface area contributed by atoms with Crippen molar-refractivity contribution in [1.29, 1.82) is 0 Å². The zero-order valence-corrected chi connectivity index (χ0v) is 18.1. The van der Waals surface area contributed by atoms with Crippen LogP contribution < -0.4 is 3.71 Å². The molecule has 2 heterocycles. The molecule has 0 aliphatic carbocycles. The van der Waals surface area contributed by atoms with E-state index in [0.29, 0.717) is 3.43 Å². The number of hydrogen-bond donors (Lipinski definition) is 0. The predicted octanol–water partition coefficient (Wildman–Crippen LogP) is 5.45. The van der Waals surface area contributed by atoms with Gasteiger partial charge in [0.2, 0.25) is 0 Å². The van der Waals surface area contributed by atoms with Crippen LogP contribution in [0.3, 0.4) is 0 Å². The van der Waals surface area contributed by atoms with E-state index in [0.717, 1.165) is 0 Å². The molecule has 0 aromatic carbocycles. The number of rotatable bonds is 11. The maximum atomic E-state index is 4.34. The maximum absolute atomic E-state index is 4.34. The molecule has 0 N–H and O–H groups in total. The Hall–Kier alpha value is -0.0313. The molecule has 4 heteroatoms. The molecular formula is C18H30N2SSn. The second-order valence-electron chi connectivity index (χ2n) is 6.44. The van der Waals surface area contributed by atoms with Crippen LogP contribution in [-0.4, -0.2) is 30.5 Å². The van der Waals surface area contributed by atoms with Crippen LogP contribution in [0.5, 0.6) is 0 Å². The molecule has 2 radical (unpaired) electrons. The third kappa shape index (κ3) is 4.73. The molecule has 2 rings (SSSR count). The minimum atomic E-state index is -0.620. The van der Waals surface area contributed by atoms with Crippen LogP contribution in [0.1, 0.15) is 78.6 Å². The van der Waals surface area contributed by atoms with Crippen LogP contribution in [0.25, 0.3) is 4.83 Å². The van der Waals surface area contributed by atoms with Gasteiger partial charge in [0.25, 0.3) is 0 Å². The number of aromatic nitrogens is 2. The Morgan fingerprint density at radius 3 is 2.18 bits per heavy atom. The van der Waals surface area contributed by atoms with Gasteiger partial charge in [-0.05, 0) is 0 Å². The zero-order valence-electron chi connectivity index (χ0n) is 14.4. The summed E-state index contributed by atoms with van der Waals surface area (Å²) in [5.41, 5.74) is 0. The molecular weight excluding hydrogens is 395 g/mol. The monoisotopic (exact) mass is 426 g/mol. The van der Waals surface area contributed by atoms with Crippen molar-refractivity contribution in [1.82, 2.24) is 9.38 Å². The van der Waals surface area contributed by atoms with Crippen molar-refractivity contribution in [3.8, 4) is 0 Å². The van der Waals surface area contributed by atoms with Crippen molar-refractivity contribution in [2.45, 2.75) is 82.0 Å². The second-order valence-corrected chi connectivity index (χ2v) is 12.5. The fourth-order valence-corrected chi connectivity index (χ4v) is 10.2. The van der Waals surface area contributed by atoms with Crippen molar-refractivity contribution in [3.05, 3.63) is 17.9 Å². The standard InChI is InChI=1S/C13H27.C5H3N2S.Sn/c1-4-7-10-13(11-8-5-2)12-9-6-3;1-2-8-5-3-6-4-7(1)5;/h4-12H2,1-3H3;2-4H;. The van der Waals surface area contributed by atoms with Crippen molar-refractivity contribution < 1.29 is 0 Å². The number of hydrogen-bond acceptors (Lipinski definition) is 2. The average Bonchev–Trinajstić information content (AvgIpc) is 3.13. The van der Waals surface area contributed by atoms with Crippen molar-refractivity contribution in [2.24, 2.45) is 0 Å². The fraction of sp³-hybridized carbons (Fsp3) is 0.722. The van der Waals surface area contributed by atoms with Gasteiger partial charge in [-0.3, -0.25) is 0 Å². The van der Waals surface area contributed by atoms with E-state index in [1.807, 2.05) is 23.9 Å². The topological polar surface area (TPSA) is 17.3 Å². The van der Waals surface area contributed by atoms with E-state index in [2.05, 4.69) is 35.5 Å². The van der Waals surface area contributed by atoms with E-state index in [9.17, 15) is 0 Å². The van der Waals surface area contributed by atoms with Gasteiger partial charge >= 0.3 is 150 Å². The number of unbranched alkanes of at least 4 members (excludes halogenated alkanes) is 3. The minimum absolute atomic E-state index is 0.620. The molecule has 0 saturated carbocycles. The molecule has 0 amide bonds. The molecule has 0 aliphatic heterocycles. The Morgan fingerprint density at radius 2 is 1.64 bits per heavy atom. The van der Waals surface area contributed by atoms with Gasteiger partial charge in [0.15, 0.2) is 0 Å². The van der Waals surface area contributed by atoms with Gasteiger partial charge in [-0.1, -0.05) is 0 Å². The summed E-state index contributed by atoms with van der Waals surface area (Å²) in [5.74, 6) is 0. The van der Waals surface area contributed by atoms with Crippen molar-refractivity contribution in [2.75, 3.05) is 0 Å². The third-order valence-electron chi connectivity index (χ3n) is 4.58. The molecule has 122 valence electrons. The van der Waals surface area contributed by atoms with E-state index < -0.39 is 21.1 Å². The molecule has 0 saturated heterocycles. The van der Waals surface area contributed by atoms with Gasteiger partial charge in [0.1, 0.15) is 0 Å². The van der Waals surface area contributed by atoms with E-state index >= 15 is 0 Å². The van der Waals surface area contributed by atoms with Gasteiger partial charge in [0, 0.05) is 0 Å². The van der Waals surface area contributed by atoms with Crippen LogP contribution in [-0.2, 0) is 0 Å². The number of fused-ring (bicyclic) bond motifs is 1. The van der Waals surface area contributed by atoms with Crippen molar-refractivity contribution in [3.63, 3.8) is 0 Å². The summed E-state index contributed by atoms with van der Waals surface area (Å²) in [6, 6.07) is 0. The van der Waals surface area contributed by atoms with E-state index in [1.54, 1.807) is 3.71 Å². The molecule has 2 nitrogen and oxygen atoms in total. The molecule has 0 spiro atoms. The average molecular weight is 425 g/mol. The SMILES string of the molecule is CCCC[C](CCCC)(CCCC)[Sn][c]1csc2cncn12.